The number of para-hydroxylation sites is 1. The molecule has 0 saturated heterocycles. The highest BCUT2D eigenvalue weighted by molar-refractivity contribution is 7.90. The Hall–Kier alpha value is -1.11. The Kier molecular flexibility index (Phi) is 3.67. The summed E-state index contributed by atoms with van der Waals surface area (Å²) in [4.78, 5) is 0. The molecule has 1 aromatic rings. The number of anilines is 1. The van der Waals surface area contributed by atoms with Crippen LogP contribution in [0.1, 0.15) is 18.6 Å². The lowest BCUT2D eigenvalue weighted by atomic mass is 10.1. The van der Waals surface area contributed by atoms with Gasteiger partial charge in [-0.3, -0.25) is 4.72 Å². The second-order valence-electron chi connectivity index (χ2n) is 3.07. The topological polar surface area (TPSA) is 78.4 Å². The molecule has 0 spiro atoms. The van der Waals surface area contributed by atoms with Crippen molar-refractivity contribution in [2.24, 2.45) is 0 Å². The summed E-state index contributed by atoms with van der Waals surface area (Å²) in [7, 11) is -2.23. The van der Waals surface area contributed by atoms with Crippen molar-refractivity contribution < 1.29 is 13.5 Å². The number of hydrogen-bond donors (Lipinski definition) is 3. The van der Waals surface area contributed by atoms with Crippen LogP contribution in [0.4, 0.5) is 5.69 Å². The van der Waals surface area contributed by atoms with Gasteiger partial charge in [0.2, 0.25) is 0 Å². The number of benzene rings is 1. The van der Waals surface area contributed by atoms with Gasteiger partial charge in [0, 0.05) is 12.6 Å². The van der Waals surface area contributed by atoms with E-state index in [1.54, 1.807) is 31.2 Å². The van der Waals surface area contributed by atoms with Crippen LogP contribution in [-0.4, -0.2) is 20.6 Å². The molecule has 0 heterocycles. The van der Waals surface area contributed by atoms with Gasteiger partial charge < -0.3 is 5.11 Å². The van der Waals surface area contributed by atoms with Gasteiger partial charge in [-0.15, -0.1) is 0 Å². The van der Waals surface area contributed by atoms with Crippen molar-refractivity contribution in [3.05, 3.63) is 29.8 Å². The Morgan fingerprint density at radius 3 is 2.47 bits per heavy atom. The first-order chi connectivity index (χ1) is 6.96. The second-order valence-corrected chi connectivity index (χ2v) is 4.69. The van der Waals surface area contributed by atoms with Gasteiger partial charge in [0.1, 0.15) is 0 Å². The van der Waals surface area contributed by atoms with E-state index in [2.05, 4.69) is 9.44 Å². The summed E-state index contributed by atoms with van der Waals surface area (Å²) in [5.74, 6) is 0. The van der Waals surface area contributed by atoms with Crippen LogP contribution in [0, 0.1) is 0 Å². The molecular weight excluding hydrogens is 216 g/mol. The van der Waals surface area contributed by atoms with Crippen molar-refractivity contribution in [1.82, 2.24) is 4.72 Å². The van der Waals surface area contributed by atoms with Crippen molar-refractivity contribution in [3.63, 3.8) is 0 Å². The maximum atomic E-state index is 11.2. The van der Waals surface area contributed by atoms with Gasteiger partial charge in [-0.1, -0.05) is 18.2 Å². The molecule has 0 saturated carbocycles. The normalized spacial score (nSPS) is 13.5. The minimum absolute atomic E-state index is 0.377. The molecule has 0 aromatic heterocycles. The SMILES string of the molecule is CNS(=O)(=O)Nc1ccccc1C(C)O. The van der Waals surface area contributed by atoms with E-state index in [4.69, 9.17) is 0 Å². The van der Waals surface area contributed by atoms with Gasteiger partial charge in [-0.2, -0.15) is 8.42 Å². The van der Waals surface area contributed by atoms with Crippen molar-refractivity contribution in [1.29, 1.82) is 0 Å². The van der Waals surface area contributed by atoms with E-state index in [0.29, 0.717) is 11.3 Å². The Morgan fingerprint density at radius 2 is 1.93 bits per heavy atom. The first kappa shape index (κ1) is 12.0. The molecule has 1 unspecified atom stereocenters. The highest BCUT2D eigenvalue weighted by Crippen LogP contribution is 2.22. The van der Waals surface area contributed by atoms with Crippen LogP contribution < -0.4 is 9.44 Å². The number of aliphatic hydroxyl groups excluding tert-OH is 1. The lowest BCUT2D eigenvalue weighted by molar-refractivity contribution is 0.200. The van der Waals surface area contributed by atoms with Crippen molar-refractivity contribution >= 4 is 15.9 Å². The van der Waals surface area contributed by atoms with Crippen LogP contribution in [0.3, 0.4) is 0 Å². The summed E-state index contributed by atoms with van der Waals surface area (Å²) in [6, 6.07) is 6.69. The number of rotatable bonds is 4. The highest BCUT2D eigenvalue weighted by Gasteiger charge is 2.12. The summed E-state index contributed by atoms with van der Waals surface area (Å²) >= 11 is 0. The van der Waals surface area contributed by atoms with Gasteiger partial charge in [0.25, 0.3) is 10.2 Å². The van der Waals surface area contributed by atoms with Gasteiger partial charge in [-0.25, -0.2) is 4.72 Å². The minimum Gasteiger partial charge on any atom is -0.389 e. The fourth-order valence-corrected chi connectivity index (χ4v) is 1.73. The standard InChI is InChI=1S/C9H14N2O3S/c1-7(12)8-5-3-4-6-9(8)11-15(13,14)10-2/h3-7,10-12H,1-2H3. The lowest BCUT2D eigenvalue weighted by Crippen LogP contribution is -2.27. The molecule has 1 rings (SSSR count). The summed E-state index contributed by atoms with van der Waals surface area (Å²) in [6.45, 7) is 1.58. The zero-order valence-corrected chi connectivity index (χ0v) is 9.38. The van der Waals surface area contributed by atoms with Crippen molar-refractivity contribution in [2.75, 3.05) is 11.8 Å². The summed E-state index contributed by atoms with van der Waals surface area (Å²) < 4.78 is 26.9. The molecule has 1 atom stereocenters. The zero-order chi connectivity index (χ0) is 11.5. The molecule has 0 aliphatic heterocycles. The fourth-order valence-electron chi connectivity index (χ4n) is 1.15. The zero-order valence-electron chi connectivity index (χ0n) is 8.56. The maximum absolute atomic E-state index is 11.2. The van der Waals surface area contributed by atoms with Crippen LogP contribution in [0.2, 0.25) is 0 Å². The molecule has 6 heteroatoms. The van der Waals surface area contributed by atoms with E-state index >= 15 is 0 Å². The molecule has 15 heavy (non-hydrogen) atoms. The Morgan fingerprint density at radius 1 is 1.33 bits per heavy atom. The smallest absolute Gasteiger partial charge is 0.298 e. The lowest BCUT2D eigenvalue weighted by Gasteiger charge is -2.13. The minimum atomic E-state index is -3.54. The van der Waals surface area contributed by atoms with Crippen LogP contribution in [-0.2, 0) is 10.2 Å². The third-order valence-corrected chi connectivity index (χ3v) is 2.95. The van der Waals surface area contributed by atoms with Crippen molar-refractivity contribution in [2.45, 2.75) is 13.0 Å². The quantitative estimate of drug-likeness (QED) is 0.709. The maximum Gasteiger partial charge on any atom is 0.298 e. The first-order valence-corrected chi connectivity index (χ1v) is 5.93. The molecule has 0 amide bonds. The number of aliphatic hydroxyl groups is 1. The molecule has 0 fully saturated rings. The fraction of sp³-hybridized carbons (Fsp3) is 0.333. The summed E-state index contributed by atoms with van der Waals surface area (Å²) in [5, 5.41) is 9.42. The largest absolute Gasteiger partial charge is 0.389 e. The molecule has 84 valence electrons. The van der Waals surface area contributed by atoms with E-state index in [9.17, 15) is 13.5 Å². The van der Waals surface area contributed by atoms with Gasteiger partial charge in [0.05, 0.1) is 11.8 Å². The van der Waals surface area contributed by atoms with E-state index in [0.717, 1.165) is 0 Å². The molecule has 0 aliphatic rings. The van der Waals surface area contributed by atoms with Crippen LogP contribution in [0.5, 0.6) is 0 Å². The van der Waals surface area contributed by atoms with E-state index < -0.39 is 16.3 Å². The third kappa shape index (κ3) is 3.19. The predicted molar refractivity (Wildman–Crippen MR) is 58.7 cm³/mol. The molecule has 5 nitrogen and oxygen atoms in total. The molecular formula is C9H14N2O3S. The summed E-state index contributed by atoms with van der Waals surface area (Å²) in [6.07, 6.45) is -0.722. The second kappa shape index (κ2) is 4.61. The number of nitrogens with one attached hydrogen (secondary N) is 2. The monoisotopic (exact) mass is 230 g/mol. The molecule has 3 N–H and O–H groups in total. The average Bonchev–Trinajstić information content (AvgIpc) is 2.18. The van der Waals surface area contributed by atoms with Crippen LogP contribution in [0.25, 0.3) is 0 Å². The Bertz CT molecular complexity index is 429. The highest BCUT2D eigenvalue weighted by atomic mass is 32.2. The average molecular weight is 230 g/mol. The van der Waals surface area contributed by atoms with E-state index in [-0.39, 0.29) is 0 Å². The van der Waals surface area contributed by atoms with Gasteiger partial charge in [-0.05, 0) is 13.0 Å². The molecule has 0 aliphatic carbocycles. The number of hydrogen-bond acceptors (Lipinski definition) is 3. The molecule has 0 radical (unpaired) electrons. The van der Waals surface area contributed by atoms with E-state index in [1.807, 2.05) is 0 Å². The van der Waals surface area contributed by atoms with Crippen LogP contribution >= 0.6 is 0 Å². The Labute approximate surface area is 89.3 Å². The van der Waals surface area contributed by atoms with Gasteiger partial charge in [0.15, 0.2) is 0 Å². The van der Waals surface area contributed by atoms with Crippen LogP contribution in [0.15, 0.2) is 24.3 Å². The van der Waals surface area contributed by atoms with Crippen molar-refractivity contribution in [3.8, 4) is 0 Å². The third-order valence-electron chi connectivity index (χ3n) is 1.92. The summed E-state index contributed by atoms with van der Waals surface area (Å²) in [5.41, 5.74) is 0.915. The van der Waals surface area contributed by atoms with E-state index in [1.165, 1.54) is 7.05 Å². The molecule has 1 aromatic carbocycles. The Balaban J connectivity index is 3.05. The molecule has 0 bridgehead atoms. The first-order valence-electron chi connectivity index (χ1n) is 4.44. The predicted octanol–water partition coefficient (Wildman–Crippen LogP) is 0.616. The van der Waals surface area contributed by atoms with Gasteiger partial charge >= 0.3 is 0 Å².